The number of carbonyl (C=O) groups excluding carboxylic acids is 1. The summed E-state index contributed by atoms with van der Waals surface area (Å²) in [5.74, 6) is -0.224. The van der Waals surface area contributed by atoms with Crippen molar-refractivity contribution in [2.75, 3.05) is 40.9 Å². The number of amides is 1. The monoisotopic (exact) mass is 1100 g/mol. The molecule has 0 rings (SSSR count). The lowest BCUT2D eigenvalue weighted by atomic mass is 10.1. The number of hydrogen-bond donors (Lipinski definition) is 2. The molecular formula is C69H117N2O6P. The lowest BCUT2D eigenvalue weighted by Gasteiger charge is -2.29. The van der Waals surface area contributed by atoms with E-state index in [0.29, 0.717) is 17.4 Å². The fourth-order valence-electron chi connectivity index (χ4n) is 8.18. The topological polar surface area (TPSA) is 108 Å². The van der Waals surface area contributed by atoms with Gasteiger partial charge >= 0.3 is 0 Å². The molecule has 0 aromatic heterocycles. The zero-order valence-electron chi connectivity index (χ0n) is 50.6. The second kappa shape index (κ2) is 58.0. The van der Waals surface area contributed by atoms with Crippen LogP contribution in [0.2, 0.25) is 0 Å². The number of likely N-dealkylation sites (N-methyl/N-ethyl adjacent to an activating group) is 1. The molecule has 0 heterocycles. The van der Waals surface area contributed by atoms with E-state index >= 15 is 0 Å². The molecule has 0 radical (unpaired) electrons. The van der Waals surface area contributed by atoms with Gasteiger partial charge in [-0.2, -0.15) is 0 Å². The van der Waals surface area contributed by atoms with Crippen LogP contribution in [0.25, 0.3) is 0 Å². The molecule has 3 unspecified atom stereocenters. The zero-order valence-corrected chi connectivity index (χ0v) is 51.5. The van der Waals surface area contributed by atoms with Crippen LogP contribution in [-0.2, 0) is 18.4 Å². The molecular weight excluding hydrogens is 984 g/mol. The maximum absolute atomic E-state index is 13.0. The molecule has 0 saturated carbocycles. The van der Waals surface area contributed by atoms with Gasteiger partial charge in [-0.15, -0.1) is 0 Å². The SMILES string of the molecule is CC/C=C\C/C=C\C/C=C\C/C=C\C/C=C\C/C=C\C/C=C\C/C=C\C/C=C\CCCCCCCCCCCC(=O)NC(COP(=O)([O-])OCC[N+](C)(C)C)C(O)/C=C/CC/C=C/CC/C=C/CCCCCCCCCCC. The number of nitrogens with one attached hydrogen (secondary N) is 1. The van der Waals surface area contributed by atoms with Crippen molar-refractivity contribution in [2.24, 2.45) is 0 Å². The highest BCUT2D eigenvalue weighted by atomic mass is 31.2. The molecule has 8 nitrogen and oxygen atoms in total. The van der Waals surface area contributed by atoms with E-state index in [0.717, 1.165) is 116 Å². The van der Waals surface area contributed by atoms with Crippen LogP contribution in [0.4, 0.5) is 0 Å². The number of hydrogen-bond acceptors (Lipinski definition) is 6. The summed E-state index contributed by atoms with van der Waals surface area (Å²) in [6, 6.07) is -0.924. The Morgan fingerprint density at radius 2 is 0.795 bits per heavy atom. The van der Waals surface area contributed by atoms with Crippen LogP contribution >= 0.6 is 7.82 Å². The van der Waals surface area contributed by atoms with Gasteiger partial charge in [0.15, 0.2) is 0 Å². The largest absolute Gasteiger partial charge is 0.756 e. The van der Waals surface area contributed by atoms with E-state index in [2.05, 4.69) is 153 Å². The van der Waals surface area contributed by atoms with Crippen LogP contribution in [-0.4, -0.2) is 68.5 Å². The number of quaternary nitrogens is 1. The van der Waals surface area contributed by atoms with Crippen molar-refractivity contribution < 1.29 is 32.9 Å². The first-order valence-electron chi connectivity index (χ1n) is 31.2. The predicted octanol–water partition coefficient (Wildman–Crippen LogP) is 19.0. The standard InChI is InChI=1S/C69H117N2O6P/c1-6-8-10-12-14-16-18-20-22-24-26-27-28-29-30-31-32-33-34-35-36-37-38-39-40-41-42-43-45-47-49-51-53-55-57-59-61-63-69(73)70-67(66-77-78(74,75)76-65-64-71(3,4)5)68(72)62-60-58-56-54-52-50-48-46-44-25-23-21-19-17-15-13-11-9-7-2/h8,10,14,16,20,22,26-27,29-30,32-33,35-36,38-39,41-42,44,46,52,54,60,62,67-68,72H,6-7,9,11-13,15,17-19,21,23-25,28,31,34,37,40,43,45,47-51,53,55-59,61,63-66H2,1-5H3,(H-,70,73,74,75)/b10-8-,16-14-,22-20-,27-26-,30-29-,33-32-,36-35-,39-38-,42-41-,46-44+,54-52+,62-60+. The van der Waals surface area contributed by atoms with Gasteiger partial charge in [-0.1, -0.05) is 256 Å². The number of carbonyl (C=O) groups is 1. The molecule has 0 aliphatic rings. The number of nitrogens with zero attached hydrogens (tertiary/aromatic N) is 1. The Balaban J connectivity index is 4.22. The number of aliphatic hydroxyl groups is 1. The number of phosphoric acid groups is 1. The minimum Gasteiger partial charge on any atom is -0.756 e. The summed E-state index contributed by atoms with van der Waals surface area (Å²) in [7, 11) is 1.21. The molecule has 3 atom stereocenters. The van der Waals surface area contributed by atoms with Crippen molar-refractivity contribution in [3.05, 3.63) is 146 Å². The second-order valence-corrected chi connectivity index (χ2v) is 23.1. The Bertz CT molecular complexity index is 1780. The molecule has 0 spiro atoms. The second-order valence-electron chi connectivity index (χ2n) is 21.7. The molecule has 0 aliphatic carbocycles. The highest BCUT2D eigenvalue weighted by Gasteiger charge is 2.23. The normalized spacial score (nSPS) is 14.8. The van der Waals surface area contributed by atoms with Crippen LogP contribution in [0, 0.1) is 0 Å². The number of aliphatic hydroxyl groups excluding tert-OH is 1. The minimum absolute atomic E-state index is 0.0175. The summed E-state index contributed by atoms with van der Waals surface area (Å²) >= 11 is 0. The molecule has 78 heavy (non-hydrogen) atoms. The Kier molecular flexibility index (Phi) is 55.4. The summed E-state index contributed by atoms with van der Waals surface area (Å²) in [5.41, 5.74) is 0. The Morgan fingerprint density at radius 3 is 1.19 bits per heavy atom. The molecule has 2 N–H and O–H groups in total. The first kappa shape index (κ1) is 74.4. The quantitative estimate of drug-likeness (QED) is 0.0272. The van der Waals surface area contributed by atoms with Crippen LogP contribution in [0.5, 0.6) is 0 Å². The number of rotatable bonds is 55. The summed E-state index contributed by atoms with van der Waals surface area (Å²) in [4.78, 5) is 25.5. The summed E-state index contributed by atoms with van der Waals surface area (Å²) in [6.07, 6.45) is 89.4. The van der Waals surface area contributed by atoms with Gasteiger partial charge in [0, 0.05) is 6.42 Å². The smallest absolute Gasteiger partial charge is 0.268 e. The number of unbranched alkanes of at least 4 members (excludes halogenated alkanes) is 20. The van der Waals surface area contributed by atoms with Gasteiger partial charge < -0.3 is 28.8 Å². The van der Waals surface area contributed by atoms with E-state index in [-0.39, 0.29) is 12.5 Å². The molecule has 444 valence electrons. The van der Waals surface area contributed by atoms with Crippen molar-refractivity contribution in [2.45, 2.75) is 244 Å². The van der Waals surface area contributed by atoms with E-state index in [9.17, 15) is 19.4 Å². The Labute approximate surface area is 480 Å². The molecule has 9 heteroatoms. The fourth-order valence-corrected chi connectivity index (χ4v) is 8.90. The highest BCUT2D eigenvalue weighted by molar-refractivity contribution is 7.45. The van der Waals surface area contributed by atoms with Crippen LogP contribution in [0.15, 0.2) is 146 Å². The average molecular weight is 1100 g/mol. The van der Waals surface area contributed by atoms with E-state index in [1.807, 2.05) is 27.2 Å². The summed E-state index contributed by atoms with van der Waals surface area (Å²) < 4.78 is 23.3. The van der Waals surface area contributed by atoms with Crippen molar-refractivity contribution in [1.82, 2.24) is 5.32 Å². The number of allylic oxidation sites excluding steroid dienone is 23. The van der Waals surface area contributed by atoms with E-state index in [4.69, 9.17) is 9.05 Å². The van der Waals surface area contributed by atoms with Crippen molar-refractivity contribution >= 4 is 13.7 Å². The molecule has 0 saturated heterocycles. The molecule has 0 aromatic rings. The lowest BCUT2D eigenvalue weighted by molar-refractivity contribution is -0.870. The zero-order chi connectivity index (χ0) is 57.0. The Morgan fingerprint density at radius 1 is 0.462 bits per heavy atom. The highest BCUT2D eigenvalue weighted by Crippen LogP contribution is 2.38. The third-order valence-corrected chi connectivity index (χ3v) is 14.0. The lowest BCUT2D eigenvalue weighted by Crippen LogP contribution is -2.45. The van der Waals surface area contributed by atoms with E-state index in [1.54, 1.807) is 6.08 Å². The molecule has 1 amide bonds. The summed E-state index contributed by atoms with van der Waals surface area (Å²) in [5, 5.41) is 13.9. The fraction of sp³-hybridized carbons (Fsp3) is 0.638. The first-order chi connectivity index (χ1) is 38.0. The van der Waals surface area contributed by atoms with E-state index in [1.165, 1.54) is 96.3 Å². The minimum atomic E-state index is -4.62. The van der Waals surface area contributed by atoms with Crippen molar-refractivity contribution in [3.8, 4) is 0 Å². The van der Waals surface area contributed by atoms with Crippen LogP contribution in [0.1, 0.15) is 232 Å². The van der Waals surface area contributed by atoms with Gasteiger partial charge in [-0.3, -0.25) is 9.36 Å². The van der Waals surface area contributed by atoms with Gasteiger partial charge in [0.05, 0.1) is 39.9 Å². The van der Waals surface area contributed by atoms with Crippen molar-refractivity contribution in [3.63, 3.8) is 0 Å². The predicted molar refractivity (Wildman–Crippen MR) is 338 cm³/mol. The number of phosphoric ester groups is 1. The van der Waals surface area contributed by atoms with Gasteiger partial charge in [0.25, 0.3) is 7.82 Å². The van der Waals surface area contributed by atoms with Gasteiger partial charge in [0.1, 0.15) is 13.2 Å². The van der Waals surface area contributed by atoms with E-state index < -0.39 is 26.6 Å². The first-order valence-corrected chi connectivity index (χ1v) is 32.7. The summed E-state index contributed by atoms with van der Waals surface area (Å²) in [6.45, 7) is 4.49. The third kappa shape index (κ3) is 60.0. The van der Waals surface area contributed by atoms with Gasteiger partial charge in [-0.25, -0.2) is 0 Å². The molecule has 0 aromatic carbocycles. The molecule has 0 fully saturated rings. The molecule has 0 aliphatic heterocycles. The third-order valence-electron chi connectivity index (χ3n) is 13.0. The Hall–Kier alpha value is -3.62. The molecule has 0 bridgehead atoms. The maximum atomic E-state index is 13.0. The van der Waals surface area contributed by atoms with Crippen LogP contribution < -0.4 is 10.2 Å². The van der Waals surface area contributed by atoms with Crippen molar-refractivity contribution in [1.29, 1.82) is 0 Å². The average Bonchev–Trinajstić information content (AvgIpc) is 3.41. The van der Waals surface area contributed by atoms with Gasteiger partial charge in [-0.05, 0) is 116 Å². The van der Waals surface area contributed by atoms with Crippen LogP contribution in [0.3, 0.4) is 0 Å². The van der Waals surface area contributed by atoms with Gasteiger partial charge in [0.2, 0.25) is 5.91 Å². The maximum Gasteiger partial charge on any atom is 0.268 e.